The summed E-state index contributed by atoms with van der Waals surface area (Å²) in [7, 11) is 1.85. The molecule has 2 fully saturated rings. The van der Waals surface area contributed by atoms with Gasteiger partial charge in [0.2, 0.25) is 0 Å². The Hall–Kier alpha value is -2.07. The number of hydrogen-bond acceptors (Lipinski definition) is 9. The molecule has 1 unspecified atom stereocenters. The summed E-state index contributed by atoms with van der Waals surface area (Å²) in [5.41, 5.74) is -4.51. The Bertz CT molecular complexity index is 1240. The highest BCUT2D eigenvalue weighted by Gasteiger charge is 2.87. The highest BCUT2D eigenvalue weighted by molar-refractivity contribution is 5.98. The second-order valence-electron chi connectivity index (χ2n) is 16.0. The number of ketones is 1. The molecular weight excluding hydrogens is 610 g/mol. The van der Waals surface area contributed by atoms with Crippen LogP contribution in [-0.2, 0) is 23.9 Å². The van der Waals surface area contributed by atoms with Crippen molar-refractivity contribution >= 4 is 17.7 Å². The first-order valence-corrected chi connectivity index (χ1v) is 18.7. The number of Topliss-reactive ketones (excluding diaryl/α,β-unsaturated/α-hetero) is 1. The van der Waals surface area contributed by atoms with E-state index in [1.165, 1.54) is 51.9 Å². The van der Waals surface area contributed by atoms with Gasteiger partial charge in [0.1, 0.15) is 11.7 Å². The average molecular weight is 674 g/mol. The zero-order valence-electron chi connectivity index (χ0n) is 30.7. The predicted molar refractivity (Wildman–Crippen MR) is 185 cm³/mol. The molecular formula is C39H63NO8. The minimum Gasteiger partial charge on any atom is -0.458 e. The Morgan fingerprint density at radius 3 is 2.10 bits per heavy atom. The number of ether oxygens (including phenoxy) is 2. The van der Waals surface area contributed by atoms with Crippen LogP contribution in [0.4, 0.5) is 0 Å². The van der Waals surface area contributed by atoms with Crippen LogP contribution in [0.25, 0.3) is 0 Å². The minimum atomic E-state index is -1.92. The molecule has 0 bridgehead atoms. The van der Waals surface area contributed by atoms with Crippen LogP contribution in [-0.4, -0.2) is 87.6 Å². The van der Waals surface area contributed by atoms with Crippen LogP contribution in [0.1, 0.15) is 125 Å². The van der Waals surface area contributed by atoms with Gasteiger partial charge in [-0.1, -0.05) is 117 Å². The molecule has 2 saturated carbocycles. The first-order valence-electron chi connectivity index (χ1n) is 18.7. The van der Waals surface area contributed by atoms with Gasteiger partial charge in [0.05, 0.1) is 6.61 Å². The van der Waals surface area contributed by atoms with Gasteiger partial charge in [0.25, 0.3) is 0 Å². The summed E-state index contributed by atoms with van der Waals surface area (Å²) < 4.78 is 12.5. The van der Waals surface area contributed by atoms with Crippen molar-refractivity contribution in [1.29, 1.82) is 0 Å². The van der Waals surface area contributed by atoms with Crippen LogP contribution in [0.2, 0.25) is 0 Å². The van der Waals surface area contributed by atoms with Crippen LogP contribution in [0, 0.1) is 29.1 Å². The number of unbranched alkanes of at least 4 members (excludes halogenated alkanes) is 10. The Morgan fingerprint density at radius 1 is 0.958 bits per heavy atom. The average Bonchev–Trinajstić information content (AvgIpc) is 3.43. The van der Waals surface area contributed by atoms with E-state index in [-0.39, 0.29) is 30.8 Å². The Morgan fingerprint density at radius 2 is 1.54 bits per heavy atom. The summed E-state index contributed by atoms with van der Waals surface area (Å²) in [6.45, 7) is 11.8. The third-order valence-electron chi connectivity index (χ3n) is 12.1. The highest BCUT2D eigenvalue weighted by atomic mass is 16.6. The van der Waals surface area contributed by atoms with Crippen molar-refractivity contribution in [3.63, 3.8) is 0 Å². The van der Waals surface area contributed by atoms with Crippen LogP contribution in [0.15, 0.2) is 23.3 Å². The van der Waals surface area contributed by atoms with Crippen molar-refractivity contribution in [1.82, 2.24) is 4.90 Å². The summed E-state index contributed by atoms with van der Waals surface area (Å²) >= 11 is 0. The Balaban J connectivity index is 1.56. The number of allylic oxidation sites excluding steroid dienone is 1. The second-order valence-corrected chi connectivity index (χ2v) is 16.0. The molecule has 0 amide bonds. The Kier molecular flexibility index (Phi) is 12.5. The topological polar surface area (TPSA) is 134 Å². The highest BCUT2D eigenvalue weighted by Crippen LogP contribution is 2.77. The molecule has 4 aliphatic rings. The molecule has 0 saturated heterocycles. The zero-order valence-corrected chi connectivity index (χ0v) is 30.7. The molecule has 0 spiro atoms. The molecule has 8 atom stereocenters. The molecule has 0 aromatic carbocycles. The first kappa shape index (κ1) is 38.7. The van der Waals surface area contributed by atoms with E-state index >= 15 is 0 Å². The van der Waals surface area contributed by atoms with Crippen LogP contribution < -0.4 is 0 Å². The fourth-order valence-corrected chi connectivity index (χ4v) is 9.65. The molecule has 9 heteroatoms. The largest absolute Gasteiger partial charge is 0.458 e. The van der Waals surface area contributed by atoms with E-state index in [1.807, 2.05) is 31.9 Å². The maximum absolute atomic E-state index is 13.6. The fraction of sp³-hybridized carbons (Fsp3) is 0.821. The molecule has 0 aliphatic heterocycles. The van der Waals surface area contributed by atoms with Crippen LogP contribution in [0.3, 0.4) is 0 Å². The van der Waals surface area contributed by atoms with Gasteiger partial charge in [-0.2, -0.15) is 0 Å². The number of carbonyl (C=O) groups excluding carboxylic acids is 3. The predicted octanol–water partition coefficient (Wildman–Crippen LogP) is 5.68. The molecule has 0 aromatic heterocycles. The maximum atomic E-state index is 13.6. The van der Waals surface area contributed by atoms with Crippen LogP contribution >= 0.6 is 0 Å². The minimum absolute atomic E-state index is 0.0142. The Labute approximate surface area is 288 Å². The third kappa shape index (κ3) is 7.08. The quantitative estimate of drug-likeness (QED) is 0.0954. The number of hydrogen-bond donors (Lipinski definition) is 3. The van der Waals surface area contributed by atoms with E-state index in [0.717, 1.165) is 24.8 Å². The summed E-state index contributed by atoms with van der Waals surface area (Å²) in [5, 5.41) is 34.7. The van der Waals surface area contributed by atoms with Gasteiger partial charge in [0.15, 0.2) is 17.0 Å². The maximum Gasteiger partial charge on any atom is 0.306 e. The summed E-state index contributed by atoms with van der Waals surface area (Å²) in [6.07, 6.45) is 15.7. The van der Waals surface area contributed by atoms with Gasteiger partial charge in [-0.05, 0) is 19.0 Å². The number of aliphatic hydroxyl groups is 3. The summed E-state index contributed by atoms with van der Waals surface area (Å²) in [5.74, 6) is -3.73. The van der Waals surface area contributed by atoms with E-state index in [0.29, 0.717) is 19.5 Å². The van der Waals surface area contributed by atoms with Gasteiger partial charge in [0, 0.05) is 61.9 Å². The lowest BCUT2D eigenvalue weighted by atomic mass is 9.61. The number of nitrogens with zero attached hydrogens (tertiary/aromatic N) is 1. The summed E-state index contributed by atoms with van der Waals surface area (Å²) in [4.78, 5) is 41.7. The smallest absolute Gasteiger partial charge is 0.306 e. The molecule has 48 heavy (non-hydrogen) atoms. The van der Waals surface area contributed by atoms with Crippen molar-refractivity contribution < 1.29 is 39.2 Å². The van der Waals surface area contributed by atoms with Gasteiger partial charge >= 0.3 is 11.9 Å². The molecule has 272 valence electrons. The monoisotopic (exact) mass is 673 g/mol. The number of likely N-dealkylation sites (N-methyl/N-ethyl adjacent to an activating group) is 1. The molecule has 9 nitrogen and oxygen atoms in total. The lowest BCUT2D eigenvalue weighted by molar-refractivity contribution is -0.206. The van der Waals surface area contributed by atoms with Crippen molar-refractivity contribution in [3.8, 4) is 0 Å². The van der Waals surface area contributed by atoms with Gasteiger partial charge < -0.3 is 29.7 Å². The van der Waals surface area contributed by atoms with Gasteiger partial charge in [-0.15, -0.1) is 0 Å². The van der Waals surface area contributed by atoms with E-state index in [2.05, 4.69) is 6.92 Å². The first-order chi connectivity index (χ1) is 22.6. The molecule has 4 aliphatic carbocycles. The molecule has 0 aromatic rings. The van der Waals surface area contributed by atoms with E-state index in [4.69, 9.17) is 9.47 Å². The zero-order chi connectivity index (χ0) is 35.5. The van der Waals surface area contributed by atoms with Crippen molar-refractivity contribution in [3.05, 3.63) is 23.3 Å². The second kappa shape index (κ2) is 15.4. The van der Waals surface area contributed by atoms with E-state index in [9.17, 15) is 29.7 Å². The van der Waals surface area contributed by atoms with Crippen molar-refractivity contribution in [2.45, 2.75) is 148 Å². The van der Waals surface area contributed by atoms with E-state index < -0.39 is 63.9 Å². The SMILES string of the molecule is CCCCCCCCCCCCCC(=O)O[C@@H]1[C@@H](C)[C@]2(O)C3=CC(C)C(=O)[C@@]3(O)CC(CN(C)CCO)=C[C@H]2[C@@H]2C(C)(C)[C@]12OC(C)=O. The normalized spacial score (nSPS) is 34.8. The molecule has 3 N–H and O–H groups in total. The lowest BCUT2D eigenvalue weighted by Gasteiger charge is -2.51. The molecule has 0 radical (unpaired) electrons. The number of carbonyl (C=O) groups is 3. The van der Waals surface area contributed by atoms with E-state index in [1.54, 1.807) is 19.9 Å². The fourth-order valence-electron chi connectivity index (χ4n) is 9.65. The number of aliphatic hydroxyl groups excluding tert-OH is 1. The number of esters is 2. The number of fused-ring (bicyclic) bond motifs is 5. The van der Waals surface area contributed by atoms with Crippen molar-refractivity contribution in [2.24, 2.45) is 29.1 Å². The standard InChI is InChI=1S/C39H63NO8/c1-8-9-10-11-12-13-14-15-16-17-18-19-32(43)47-35-27(3)38(46)30(33-36(5,6)39(33,35)48-28(4)42)23-29(25-40(7)20-21-41)24-37(45)31(38)22-26(2)34(37)44/h22-23,26-27,30,33,35,41,45-46H,8-21,24-25H2,1-7H3/t26?,27-,30+,33-,35-,37-,38-,39-/m1/s1. The number of rotatable bonds is 18. The molecule has 0 heterocycles. The molecule has 4 rings (SSSR count). The van der Waals surface area contributed by atoms with Gasteiger partial charge in [-0.3, -0.25) is 14.4 Å². The van der Waals surface area contributed by atoms with Crippen molar-refractivity contribution in [2.75, 3.05) is 26.7 Å². The summed E-state index contributed by atoms with van der Waals surface area (Å²) in [6, 6.07) is 0. The third-order valence-corrected chi connectivity index (χ3v) is 12.1. The lowest BCUT2D eigenvalue weighted by Crippen LogP contribution is -2.63. The van der Waals surface area contributed by atoms with Gasteiger partial charge in [-0.25, -0.2) is 0 Å². The van der Waals surface area contributed by atoms with Crippen LogP contribution in [0.5, 0.6) is 0 Å².